The standard InChI is InChI=1S/C19H16BrNO3/c1-11-8-18(22)24-19-14(11)4-6-17-15(19)9-21(10-23-17)13-3-5-16(20)12(2)7-13/h3-8H,9-10H2,1-2H3. The minimum atomic E-state index is -0.329. The molecule has 2 aromatic carbocycles. The molecule has 122 valence electrons. The molecule has 0 amide bonds. The lowest BCUT2D eigenvalue weighted by atomic mass is 10.0. The van der Waals surface area contributed by atoms with E-state index >= 15 is 0 Å². The molecule has 1 aliphatic heterocycles. The highest BCUT2D eigenvalue weighted by molar-refractivity contribution is 9.10. The molecular formula is C19H16BrNO3. The van der Waals surface area contributed by atoms with Crippen LogP contribution in [0.15, 0.2) is 50.1 Å². The molecule has 5 heteroatoms. The quantitative estimate of drug-likeness (QED) is 0.577. The SMILES string of the molecule is Cc1cc(N2COc3ccc4c(C)cc(=O)oc4c3C2)ccc1Br. The van der Waals surface area contributed by atoms with E-state index in [1.54, 1.807) is 0 Å². The lowest BCUT2D eigenvalue weighted by Gasteiger charge is -2.31. The Morgan fingerprint density at radius 1 is 1.08 bits per heavy atom. The van der Waals surface area contributed by atoms with Gasteiger partial charge < -0.3 is 14.1 Å². The first kappa shape index (κ1) is 15.3. The van der Waals surface area contributed by atoms with Crippen LogP contribution in [0.25, 0.3) is 11.0 Å². The van der Waals surface area contributed by atoms with Gasteiger partial charge in [-0.3, -0.25) is 0 Å². The molecule has 0 N–H and O–H groups in total. The molecule has 0 atom stereocenters. The van der Waals surface area contributed by atoms with Crippen molar-refractivity contribution in [1.82, 2.24) is 0 Å². The summed E-state index contributed by atoms with van der Waals surface area (Å²) in [4.78, 5) is 13.9. The first-order valence-electron chi connectivity index (χ1n) is 7.73. The first-order chi connectivity index (χ1) is 11.5. The van der Waals surface area contributed by atoms with Gasteiger partial charge in [-0.25, -0.2) is 4.79 Å². The summed E-state index contributed by atoms with van der Waals surface area (Å²) >= 11 is 3.53. The molecule has 1 aromatic heterocycles. The molecule has 3 aromatic rings. The molecular weight excluding hydrogens is 370 g/mol. The minimum Gasteiger partial charge on any atom is -0.473 e. The minimum absolute atomic E-state index is 0.329. The number of ether oxygens (including phenoxy) is 1. The zero-order chi connectivity index (χ0) is 16.8. The highest BCUT2D eigenvalue weighted by Crippen LogP contribution is 2.35. The summed E-state index contributed by atoms with van der Waals surface area (Å²) in [7, 11) is 0. The normalized spacial score (nSPS) is 13.7. The van der Waals surface area contributed by atoms with Gasteiger partial charge in [0.25, 0.3) is 0 Å². The Morgan fingerprint density at radius 2 is 1.92 bits per heavy atom. The second kappa shape index (κ2) is 5.67. The van der Waals surface area contributed by atoms with E-state index < -0.39 is 0 Å². The number of hydrogen-bond acceptors (Lipinski definition) is 4. The van der Waals surface area contributed by atoms with Crippen molar-refractivity contribution in [1.29, 1.82) is 0 Å². The molecule has 0 saturated carbocycles. The van der Waals surface area contributed by atoms with E-state index in [4.69, 9.17) is 9.15 Å². The van der Waals surface area contributed by atoms with E-state index in [0.29, 0.717) is 18.9 Å². The number of fused-ring (bicyclic) bond motifs is 3. The smallest absolute Gasteiger partial charge is 0.336 e. The fourth-order valence-corrected chi connectivity index (χ4v) is 3.33. The number of benzene rings is 2. The fraction of sp³-hybridized carbons (Fsp3) is 0.211. The van der Waals surface area contributed by atoms with E-state index in [-0.39, 0.29) is 5.63 Å². The maximum Gasteiger partial charge on any atom is 0.336 e. The number of halogens is 1. The molecule has 2 heterocycles. The van der Waals surface area contributed by atoms with E-state index in [1.165, 1.54) is 11.6 Å². The van der Waals surface area contributed by atoms with Crippen LogP contribution in [0.4, 0.5) is 5.69 Å². The van der Waals surface area contributed by atoms with Crippen LogP contribution in [-0.4, -0.2) is 6.73 Å². The third-order valence-electron chi connectivity index (χ3n) is 4.41. The zero-order valence-electron chi connectivity index (χ0n) is 13.4. The van der Waals surface area contributed by atoms with Gasteiger partial charge >= 0.3 is 5.63 Å². The summed E-state index contributed by atoms with van der Waals surface area (Å²) in [5, 5.41) is 0.950. The van der Waals surface area contributed by atoms with Crippen molar-refractivity contribution < 1.29 is 9.15 Å². The van der Waals surface area contributed by atoms with Crippen LogP contribution in [0.2, 0.25) is 0 Å². The molecule has 4 nitrogen and oxygen atoms in total. The summed E-state index contributed by atoms with van der Waals surface area (Å²) in [5.41, 5.74) is 4.37. The summed E-state index contributed by atoms with van der Waals surface area (Å²) in [6.45, 7) is 5.09. The van der Waals surface area contributed by atoms with E-state index in [9.17, 15) is 4.79 Å². The van der Waals surface area contributed by atoms with Gasteiger partial charge in [0, 0.05) is 21.6 Å². The molecule has 0 unspecified atom stereocenters. The van der Waals surface area contributed by atoms with E-state index in [1.807, 2.05) is 25.1 Å². The Balaban J connectivity index is 1.82. The Kier molecular flexibility index (Phi) is 3.61. The van der Waals surface area contributed by atoms with Gasteiger partial charge in [0.1, 0.15) is 11.3 Å². The monoisotopic (exact) mass is 385 g/mol. The first-order valence-corrected chi connectivity index (χ1v) is 8.52. The van der Waals surface area contributed by atoms with Crippen molar-refractivity contribution >= 4 is 32.6 Å². The average Bonchev–Trinajstić information content (AvgIpc) is 2.56. The van der Waals surface area contributed by atoms with Gasteiger partial charge in [0.15, 0.2) is 6.73 Å². The van der Waals surface area contributed by atoms with Gasteiger partial charge in [-0.1, -0.05) is 15.9 Å². The lowest BCUT2D eigenvalue weighted by Crippen LogP contribution is -2.32. The van der Waals surface area contributed by atoms with Crippen molar-refractivity contribution in [3.8, 4) is 5.75 Å². The van der Waals surface area contributed by atoms with Gasteiger partial charge in [0.2, 0.25) is 0 Å². The number of rotatable bonds is 1. The van der Waals surface area contributed by atoms with Gasteiger partial charge in [-0.05, 0) is 55.3 Å². The van der Waals surface area contributed by atoms with Crippen LogP contribution in [0.3, 0.4) is 0 Å². The number of anilines is 1. The number of aryl methyl sites for hydroxylation is 2. The van der Waals surface area contributed by atoms with Gasteiger partial charge in [-0.2, -0.15) is 0 Å². The van der Waals surface area contributed by atoms with Gasteiger partial charge in [-0.15, -0.1) is 0 Å². The van der Waals surface area contributed by atoms with Crippen molar-refractivity contribution in [3.05, 3.63) is 68.0 Å². The van der Waals surface area contributed by atoms with Crippen LogP contribution in [-0.2, 0) is 6.54 Å². The molecule has 0 fully saturated rings. The Labute approximate surface area is 147 Å². The number of hydrogen-bond donors (Lipinski definition) is 0. The zero-order valence-corrected chi connectivity index (χ0v) is 15.0. The largest absolute Gasteiger partial charge is 0.473 e. The maximum atomic E-state index is 11.8. The Hall–Kier alpha value is -2.27. The molecule has 0 spiro atoms. The van der Waals surface area contributed by atoms with Crippen LogP contribution >= 0.6 is 15.9 Å². The lowest BCUT2D eigenvalue weighted by molar-refractivity contribution is 0.289. The summed E-state index contributed by atoms with van der Waals surface area (Å²) in [5.74, 6) is 0.779. The van der Waals surface area contributed by atoms with E-state index in [2.05, 4.69) is 39.9 Å². The average molecular weight is 386 g/mol. The topological polar surface area (TPSA) is 42.7 Å². The molecule has 0 radical (unpaired) electrons. The van der Waals surface area contributed by atoms with Crippen molar-refractivity contribution in [2.45, 2.75) is 20.4 Å². The fourth-order valence-electron chi connectivity index (χ4n) is 3.08. The number of nitrogens with zero attached hydrogens (tertiary/aromatic N) is 1. The van der Waals surface area contributed by atoms with Crippen molar-refractivity contribution in [2.24, 2.45) is 0 Å². The van der Waals surface area contributed by atoms with Crippen LogP contribution in [0, 0.1) is 13.8 Å². The molecule has 0 saturated heterocycles. The van der Waals surface area contributed by atoms with Crippen molar-refractivity contribution in [3.63, 3.8) is 0 Å². The predicted molar refractivity (Wildman–Crippen MR) is 97.8 cm³/mol. The third-order valence-corrected chi connectivity index (χ3v) is 5.30. The predicted octanol–water partition coefficient (Wildman–Crippen LogP) is 4.53. The van der Waals surface area contributed by atoms with Crippen molar-refractivity contribution in [2.75, 3.05) is 11.6 Å². The molecule has 0 bridgehead atoms. The van der Waals surface area contributed by atoms with Crippen LogP contribution in [0.1, 0.15) is 16.7 Å². The maximum absolute atomic E-state index is 11.8. The van der Waals surface area contributed by atoms with Crippen LogP contribution in [0.5, 0.6) is 5.75 Å². The van der Waals surface area contributed by atoms with E-state index in [0.717, 1.165) is 32.4 Å². The molecule has 1 aliphatic rings. The van der Waals surface area contributed by atoms with Gasteiger partial charge in [0.05, 0.1) is 12.1 Å². The summed E-state index contributed by atoms with van der Waals surface area (Å²) < 4.78 is 12.5. The summed E-state index contributed by atoms with van der Waals surface area (Å²) in [6, 6.07) is 11.6. The van der Waals surface area contributed by atoms with Crippen LogP contribution < -0.4 is 15.3 Å². The summed E-state index contributed by atoms with van der Waals surface area (Å²) in [6.07, 6.45) is 0. The highest BCUT2D eigenvalue weighted by atomic mass is 79.9. The Bertz CT molecular complexity index is 1010. The third kappa shape index (κ3) is 2.49. The highest BCUT2D eigenvalue weighted by Gasteiger charge is 2.22. The molecule has 4 rings (SSSR count). The second-order valence-electron chi connectivity index (χ2n) is 6.07. The Morgan fingerprint density at radius 3 is 2.71 bits per heavy atom. The molecule has 0 aliphatic carbocycles. The molecule has 24 heavy (non-hydrogen) atoms. The second-order valence-corrected chi connectivity index (χ2v) is 6.93.